The predicted molar refractivity (Wildman–Crippen MR) is 84.4 cm³/mol. The molecule has 24 heavy (non-hydrogen) atoms. The van der Waals surface area contributed by atoms with Crippen LogP contribution in [0.5, 0.6) is 0 Å². The smallest absolute Gasteiger partial charge is 0.260 e. The zero-order valence-electron chi connectivity index (χ0n) is 13.3. The van der Waals surface area contributed by atoms with Crippen molar-refractivity contribution in [2.75, 3.05) is 6.54 Å². The number of amides is 1. The van der Waals surface area contributed by atoms with Crippen molar-refractivity contribution >= 4 is 11.6 Å². The molecule has 0 saturated heterocycles. The Morgan fingerprint density at radius 1 is 1.29 bits per heavy atom. The van der Waals surface area contributed by atoms with Crippen LogP contribution in [0.25, 0.3) is 5.65 Å². The fourth-order valence-electron chi connectivity index (χ4n) is 3.31. The van der Waals surface area contributed by atoms with Gasteiger partial charge in [-0.15, -0.1) is 0 Å². The Bertz CT molecular complexity index is 939. The topological polar surface area (TPSA) is 81.2 Å². The number of hydrogen-bond donors (Lipinski definition) is 0. The van der Waals surface area contributed by atoms with Gasteiger partial charge in [0, 0.05) is 24.9 Å². The average Bonchev–Trinajstić information content (AvgIpc) is 3.21. The lowest BCUT2D eigenvalue weighted by Crippen LogP contribution is -2.41. The fraction of sp³-hybridized carbons (Fsp3) is 0.438. The maximum atomic E-state index is 13.0. The predicted octanol–water partition coefficient (Wildman–Crippen LogP) is 1.42. The lowest BCUT2D eigenvalue weighted by molar-refractivity contribution is 0.0632. The van der Waals surface area contributed by atoms with E-state index in [9.17, 15) is 4.79 Å². The van der Waals surface area contributed by atoms with Crippen LogP contribution in [0.3, 0.4) is 0 Å². The molecule has 0 bridgehead atoms. The molecule has 5 rings (SSSR count). The third kappa shape index (κ3) is 1.95. The molecule has 8 nitrogen and oxygen atoms in total. The van der Waals surface area contributed by atoms with Gasteiger partial charge in [0.15, 0.2) is 11.5 Å². The summed E-state index contributed by atoms with van der Waals surface area (Å²) in [6, 6.07) is 1.68. The van der Waals surface area contributed by atoms with Gasteiger partial charge in [-0.1, -0.05) is 0 Å². The second-order valence-corrected chi connectivity index (χ2v) is 6.45. The minimum Gasteiger partial charge on any atom is -0.327 e. The lowest BCUT2D eigenvalue weighted by Gasteiger charge is -2.32. The van der Waals surface area contributed by atoms with E-state index in [1.54, 1.807) is 29.2 Å². The molecular weight excluding hydrogens is 306 g/mol. The van der Waals surface area contributed by atoms with Crippen LogP contribution in [0.15, 0.2) is 24.7 Å². The van der Waals surface area contributed by atoms with Crippen LogP contribution in [-0.2, 0) is 6.54 Å². The third-order valence-corrected chi connectivity index (χ3v) is 4.82. The Labute approximate surface area is 138 Å². The quantitative estimate of drug-likeness (QED) is 0.712. The van der Waals surface area contributed by atoms with Gasteiger partial charge in [0.1, 0.15) is 11.4 Å². The Morgan fingerprint density at radius 3 is 3.00 bits per heavy atom. The highest BCUT2D eigenvalue weighted by molar-refractivity contribution is 5.99. The van der Waals surface area contributed by atoms with E-state index < -0.39 is 0 Å². The Morgan fingerprint density at radius 2 is 2.17 bits per heavy atom. The van der Waals surface area contributed by atoms with Crippen molar-refractivity contribution in [3.8, 4) is 0 Å². The summed E-state index contributed by atoms with van der Waals surface area (Å²) in [6.45, 7) is 3.30. The molecule has 0 N–H and O–H groups in total. The molecule has 122 valence electrons. The highest BCUT2D eigenvalue weighted by Gasteiger charge is 2.35. The van der Waals surface area contributed by atoms with Crippen molar-refractivity contribution in [3.63, 3.8) is 0 Å². The average molecular weight is 323 g/mol. The first-order chi connectivity index (χ1) is 11.7. The van der Waals surface area contributed by atoms with Crippen molar-refractivity contribution < 1.29 is 4.79 Å². The minimum absolute atomic E-state index is 0.0570. The summed E-state index contributed by atoms with van der Waals surface area (Å²) < 4.78 is 3.58. The van der Waals surface area contributed by atoms with E-state index in [1.807, 2.05) is 16.5 Å². The van der Waals surface area contributed by atoms with Gasteiger partial charge in [0.25, 0.3) is 5.91 Å². The molecule has 8 heteroatoms. The zero-order chi connectivity index (χ0) is 16.3. The van der Waals surface area contributed by atoms with Crippen LogP contribution in [0.2, 0.25) is 0 Å². The molecule has 0 unspecified atom stereocenters. The Kier molecular flexibility index (Phi) is 2.76. The van der Waals surface area contributed by atoms with Crippen LogP contribution < -0.4 is 0 Å². The maximum Gasteiger partial charge on any atom is 0.260 e. The molecule has 0 aromatic carbocycles. The summed E-state index contributed by atoms with van der Waals surface area (Å²) >= 11 is 0. The molecule has 3 aromatic rings. The first kappa shape index (κ1) is 13.6. The summed E-state index contributed by atoms with van der Waals surface area (Å²) in [7, 11) is 0. The third-order valence-electron chi connectivity index (χ3n) is 4.82. The van der Waals surface area contributed by atoms with Gasteiger partial charge in [-0.25, -0.2) is 19.2 Å². The van der Waals surface area contributed by atoms with Gasteiger partial charge in [0.05, 0.1) is 18.8 Å². The second kappa shape index (κ2) is 4.86. The molecule has 1 atom stereocenters. The molecule has 1 aliphatic carbocycles. The van der Waals surface area contributed by atoms with Crippen LogP contribution in [0, 0.1) is 0 Å². The summed E-state index contributed by atoms with van der Waals surface area (Å²) in [4.78, 5) is 23.8. The van der Waals surface area contributed by atoms with Gasteiger partial charge in [-0.2, -0.15) is 10.2 Å². The SMILES string of the molecule is C[C@@H]1c2nc(C3CC3)nn2CCN1C(=O)c1cnn2cccnc12. The molecule has 1 fully saturated rings. The van der Waals surface area contributed by atoms with E-state index in [2.05, 4.69) is 15.2 Å². The van der Waals surface area contributed by atoms with Crippen LogP contribution in [0.1, 0.15) is 53.7 Å². The van der Waals surface area contributed by atoms with E-state index in [0.29, 0.717) is 30.2 Å². The Balaban J connectivity index is 1.49. The van der Waals surface area contributed by atoms with Crippen LogP contribution >= 0.6 is 0 Å². The molecule has 0 spiro atoms. The maximum absolute atomic E-state index is 13.0. The molecule has 3 aromatic heterocycles. The number of rotatable bonds is 2. The van der Waals surface area contributed by atoms with Crippen molar-refractivity contribution in [2.24, 2.45) is 0 Å². The number of nitrogens with zero attached hydrogens (tertiary/aromatic N) is 7. The Hall–Kier alpha value is -2.77. The minimum atomic E-state index is -0.107. The van der Waals surface area contributed by atoms with Gasteiger partial charge in [-0.3, -0.25) is 4.79 Å². The van der Waals surface area contributed by atoms with Crippen molar-refractivity contribution in [1.82, 2.24) is 34.3 Å². The second-order valence-electron chi connectivity index (χ2n) is 6.45. The molecule has 2 aliphatic rings. The number of aromatic nitrogens is 6. The van der Waals surface area contributed by atoms with E-state index >= 15 is 0 Å². The first-order valence-electron chi connectivity index (χ1n) is 8.26. The summed E-state index contributed by atoms with van der Waals surface area (Å²) in [6.07, 6.45) is 7.40. The molecule has 0 radical (unpaired) electrons. The van der Waals surface area contributed by atoms with E-state index in [-0.39, 0.29) is 11.9 Å². The molecule has 1 amide bonds. The summed E-state index contributed by atoms with van der Waals surface area (Å²) in [5.74, 6) is 2.27. The first-order valence-corrected chi connectivity index (χ1v) is 8.26. The number of fused-ring (bicyclic) bond motifs is 2. The largest absolute Gasteiger partial charge is 0.327 e. The molecule has 1 saturated carbocycles. The fourth-order valence-corrected chi connectivity index (χ4v) is 3.31. The van der Waals surface area contributed by atoms with Gasteiger partial charge in [0.2, 0.25) is 0 Å². The van der Waals surface area contributed by atoms with E-state index in [4.69, 9.17) is 4.98 Å². The number of carbonyl (C=O) groups is 1. The van der Waals surface area contributed by atoms with E-state index in [1.165, 1.54) is 12.8 Å². The highest BCUT2D eigenvalue weighted by atomic mass is 16.2. The van der Waals surface area contributed by atoms with Crippen molar-refractivity contribution in [2.45, 2.75) is 38.3 Å². The van der Waals surface area contributed by atoms with Gasteiger partial charge < -0.3 is 4.90 Å². The molecule has 1 aliphatic heterocycles. The lowest BCUT2D eigenvalue weighted by atomic mass is 10.1. The standard InChI is InChI=1S/C16H17N7O/c1-10-14-19-13(11-3-4-11)20-23(14)8-7-21(10)16(24)12-9-18-22-6-2-5-17-15(12)22/h2,5-6,9-11H,3-4,7-8H2,1H3/t10-/m1/s1. The normalized spacial score (nSPS) is 20.4. The molecule has 4 heterocycles. The van der Waals surface area contributed by atoms with Crippen LogP contribution in [-0.4, -0.2) is 46.7 Å². The monoisotopic (exact) mass is 323 g/mol. The van der Waals surface area contributed by atoms with E-state index in [0.717, 1.165) is 11.6 Å². The number of carbonyl (C=O) groups excluding carboxylic acids is 1. The van der Waals surface area contributed by atoms with Crippen LogP contribution in [0.4, 0.5) is 0 Å². The summed E-state index contributed by atoms with van der Waals surface area (Å²) in [5, 5.41) is 8.82. The van der Waals surface area contributed by atoms with Gasteiger partial charge >= 0.3 is 0 Å². The molecular formula is C16H17N7O. The van der Waals surface area contributed by atoms with Crippen molar-refractivity contribution in [1.29, 1.82) is 0 Å². The highest BCUT2D eigenvalue weighted by Crippen LogP contribution is 2.39. The van der Waals surface area contributed by atoms with Crippen molar-refractivity contribution in [3.05, 3.63) is 41.9 Å². The zero-order valence-corrected chi connectivity index (χ0v) is 13.3. The summed E-state index contributed by atoms with van der Waals surface area (Å²) in [5.41, 5.74) is 1.11. The number of hydrogen-bond acceptors (Lipinski definition) is 5. The van der Waals surface area contributed by atoms with Gasteiger partial charge in [-0.05, 0) is 25.8 Å².